The van der Waals surface area contributed by atoms with Gasteiger partial charge in [0.05, 0.1) is 12.1 Å². The average molecular weight is 271 g/mol. The second-order valence-electron chi connectivity index (χ2n) is 3.44. The van der Waals surface area contributed by atoms with Gasteiger partial charge in [-0.25, -0.2) is 8.78 Å². The lowest BCUT2D eigenvalue weighted by atomic mass is 10.3. The number of ether oxygens (including phenoxy) is 1. The van der Waals surface area contributed by atoms with E-state index in [2.05, 4.69) is 10.3 Å². The van der Waals surface area contributed by atoms with Crippen LogP contribution < -0.4 is 10.1 Å². The zero-order valence-corrected chi connectivity index (χ0v) is 10.1. The minimum Gasteiger partial charge on any atom is -0.481 e. The van der Waals surface area contributed by atoms with Crippen LogP contribution in [0.4, 0.5) is 20.3 Å². The van der Waals surface area contributed by atoms with Crippen molar-refractivity contribution >= 4 is 23.1 Å². The first kappa shape index (κ1) is 12.6. The minimum absolute atomic E-state index is 0.0166. The fraction of sp³-hybridized carbons (Fsp3) is 0.0833. The molecule has 2 rings (SSSR count). The van der Waals surface area contributed by atoms with E-state index in [0.29, 0.717) is 5.69 Å². The number of benzene rings is 1. The Morgan fingerprint density at radius 2 is 1.89 bits per heavy atom. The molecule has 1 heterocycles. The van der Waals surface area contributed by atoms with E-state index < -0.39 is 11.6 Å². The SMILES string of the molecule is COc1ccc(F)c(Nc2ccc(F)c(Cl)c2)n1. The van der Waals surface area contributed by atoms with Crippen LogP contribution in [0.5, 0.6) is 5.88 Å². The lowest BCUT2D eigenvalue weighted by Gasteiger charge is -2.08. The van der Waals surface area contributed by atoms with E-state index >= 15 is 0 Å². The van der Waals surface area contributed by atoms with Crippen LogP contribution in [0.15, 0.2) is 30.3 Å². The number of methoxy groups -OCH3 is 1. The van der Waals surface area contributed by atoms with Crippen molar-refractivity contribution in [3.63, 3.8) is 0 Å². The molecule has 0 aliphatic carbocycles. The molecule has 0 saturated carbocycles. The molecule has 0 radical (unpaired) electrons. The third kappa shape index (κ3) is 2.68. The lowest BCUT2D eigenvalue weighted by Crippen LogP contribution is -1.99. The molecule has 2 aromatic rings. The van der Waals surface area contributed by atoms with Crippen molar-refractivity contribution in [3.8, 4) is 5.88 Å². The molecule has 0 aliphatic rings. The molecule has 0 aliphatic heterocycles. The quantitative estimate of drug-likeness (QED) is 0.922. The van der Waals surface area contributed by atoms with Crippen molar-refractivity contribution in [1.29, 1.82) is 0 Å². The molecule has 1 aromatic heterocycles. The van der Waals surface area contributed by atoms with Crippen molar-refractivity contribution in [2.75, 3.05) is 12.4 Å². The molecule has 0 amide bonds. The van der Waals surface area contributed by atoms with Gasteiger partial charge in [-0.05, 0) is 24.3 Å². The Morgan fingerprint density at radius 3 is 2.56 bits per heavy atom. The van der Waals surface area contributed by atoms with Gasteiger partial charge < -0.3 is 10.1 Å². The van der Waals surface area contributed by atoms with E-state index in [1.807, 2.05) is 0 Å². The number of anilines is 2. The summed E-state index contributed by atoms with van der Waals surface area (Å²) in [5.74, 6) is -0.832. The van der Waals surface area contributed by atoms with Gasteiger partial charge in [-0.15, -0.1) is 0 Å². The van der Waals surface area contributed by atoms with E-state index in [9.17, 15) is 8.78 Å². The van der Waals surface area contributed by atoms with Crippen molar-refractivity contribution in [2.45, 2.75) is 0 Å². The van der Waals surface area contributed by atoms with Gasteiger partial charge in [0, 0.05) is 11.8 Å². The van der Waals surface area contributed by atoms with Gasteiger partial charge in [-0.1, -0.05) is 11.6 Å². The fourth-order valence-electron chi connectivity index (χ4n) is 1.34. The molecule has 0 unspecified atom stereocenters. The van der Waals surface area contributed by atoms with Gasteiger partial charge in [-0.3, -0.25) is 0 Å². The number of pyridine rings is 1. The van der Waals surface area contributed by atoms with Gasteiger partial charge in [0.2, 0.25) is 5.88 Å². The highest BCUT2D eigenvalue weighted by Gasteiger charge is 2.07. The highest BCUT2D eigenvalue weighted by molar-refractivity contribution is 6.31. The summed E-state index contributed by atoms with van der Waals surface area (Å²) in [5.41, 5.74) is 0.432. The third-order valence-corrected chi connectivity index (χ3v) is 2.50. The maximum atomic E-state index is 13.5. The predicted molar refractivity (Wildman–Crippen MR) is 65.4 cm³/mol. The van der Waals surface area contributed by atoms with Crippen LogP contribution in [-0.4, -0.2) is 12.1 Å². The van der Waals surface area contributed by atoms with Gasteiger partial charge in [-0.2, -0.15) is 4.98 Å². The molecule has 94 valence electrons. The topological polar surface area (TPSA) is 34.1 Å². The zero-order valence-electron chi connectivity index (χ0n) is 9.38. The van der Waals surface area contributed by atoms with Gasteiger partial charge in [0.1, 0.15) is 5.82 Å². The first-order valence-corrected chi connectivity index (χ1v) is 5.40. The Kier molecular flexibility index (Phi) is 3.62. The molecule has 1 N–H and O–H groups in total. The molecular weight excluding hydrogens is 262 g/mol. The third-order valence-electron chi connectivity index (χ3n) is 2.21. The number of hydrogen-bond donors (Lipinski definition) is 1. The Hall–Kier alpha value is -1.88. The van der Waals surface area contributed by atoms with E-state index in [4.69, 9.17) is 16.3 Å². The summed E-state index contributed by atoms with van der Waals surface area (Å²) in [4.78, 5) is 3.89. The standard InChI is InChI=1S/C12H9ClF2N2O/c1-18-11-5-4-10(15)12(17-11)16-7-2-3-9(14)8(13)6-7/h2-6H,1H3,(H,16,17). The summed E-state index contributed by atoms with van der Waals surface area (Å²) < 4.78 is 31.3. The Bertz CT molecular complexity index is 578. The first-order chi connectivity index (χ1) is 8.60. The number of aromatic nitrogens is 1. The predicted octanol–water partition coefficient (Wildman–Crippen LogP) is 3.77. The van der Waals surface area contributed by atoms with E-state index in [1.165, 1.54) is 37.4 Å². The maximum absolute atomic E-state index is 13.5. The smallest absolute Gasteiger partial charge is 0.215 e. The van der Waals surface area contributed by atoms with Crippen LogP contribution in [0.2, 0.25) is 5.02 Å². The molecule has 6 heteroatoms. The maximum Gasteiger partial charge on any atom is 0.215 e. The normalized spacial score (nSPS) is 10.2. The van der Waals surface area contributed by atoms with Crippen LogP contribution >= 0.6 is 11.6 Å². The largest absolute Gasteiger partial charge is 0.481 e. The molecule has 0 bridgehead atoms. The number of rotatable bonds is 3. The molecule has 3 nitrogen and oxygen atoms in total. The van der Waals surface area contributed by atoms with Crippen LogP contribution in [0.1, 0.15) is 0 Å². The second-order valence-corrected chi connectivity index (χ2v) is 3.85. The Labute approximate surface area is 107 Å². The van der Waals surface area contributed by atoms with E-state index in [-0.39, 0.29) is 16.7 Å². The van der Waals surface area contributed by atoms with Crippen molar-refractivity contribution in [2.24, 2.45) is 0 Å². The molecule has 0 spiro atoms. The molecular formula is C12H9ClF2N2O. The number of nitrogens with one attached hydrogen (secondary N) is 1. The Morgan fingerprint density at radius 1 is 1.17 bits per heavy atom. The molecule has 18 heavy (non-hydrogen) atoms. The van der Waals surface area contributed by atoms with Crippen molar-refractivity contribution in [1.82, 2.24) is 4.98 Å². The molecule has 0 fully saturated rings. The zero-order chi connectivity index (χ0) is 13.1. The monoisotopic (exact) mass is 270 g/mol. The number of nitrogens with zero attached hydrogens (tertiary/aromatic N) is 1. The molecule has 1 aromatic carbocycles. The Balaban J connectivity index is 2.30. The van der Waals surface area contributed by atoms with Crippen molar-refractivity contribution < 1.29 is 13.5 Å². The molecule has 0 atom stereocenters. The summed E-state index contributed by atoms with van der Waals surface area (Å²) in [7, 11) is 1.43. The summed E-state index contributed by atoms with van der Waals surface area (Å²) in [5, 5.41) is 2.65. The fourth-order valence-corrected chi connectivity index (χ4v) is 1.52. The minimum atomic E-state index is -0.545. The van der Waals surface area contributed by atoms with Crippen LogP contribution in [0.25, 0.3) is 0 Å². The highest BCUT2D eigenvalue weighted by atomic mass is 35.5. The summed E-state index contributed by atoms with van der Waals surface area (Å²) >= 11 is 5.62. The number of halogens is 3. The highest BCUT2D eigenvalue weighted by Crippen LogP contribution is 2.24. The first-order valence-electron chi connectivity index (χ1n) is 5.03. The van der Waals surface area contributed by atoms with E-state index in [0.717, 1.165) is 0 Å². The second kappa shape index (κ2) is 5.18. The summed E-state index contributed by atoms with van der Waals surface area (Å²) in [6, 6.07) is 6.58. The van der Waals surface area contributed by atoms with Crippen molar-refractivity contribution in [3.05, 3.63) is 47.0 Å². The van der Waals surface area contributed by atoms with Gasteiger partial charge >= 0.3 is 0 Å². The lowest BCUT2D eigenvalue weighted by molar-refractivity contribution is 0.397. The number of hydrogen-bond acceptors (Lipinski definition) is 3. The van der Waals surface area contributed by atoms with Crippen LogP contribution in [-0.2, 0) is 0 Å². The van der Waals surface area contributed by atoms with Gasteiger partial charge in [0.25, 0.3) is 0 Å². The average Bonchev–Trinajstić information content (AvgIpc) is 2.36. The summed E-state index contributed by atoms with van der Waals surface area (Å²) in [6.07, 6.45) is 0. The summed E-state index contributed by atoms with van der Waals surface area (Å²) in [6.45, 7) is 0. The molecule has 0 saturated heterocycles. The van der Waals surface area contributed by atoms with Crippen LogP contribution in [0, 0.1) is 11.6 Å². The van der Waals surface area contributed by atoms with Crippen LogP contribution in [0.3, 0.4) is 0 Å². The van der Waals surface area contributed by atoms with Gasteiger partial charge in [0.15, 0.2) is 11.6 Å². The van der Waals surface area contributed by atoms with E-state index in [1.54, 1.807) is 0 Å².